The van der Waals surface area contributed by atoms with Crippen molar-refractivity contribution in [2.24, 2.45) is 5.73 Å². The van der Waals surface area contributed by atoms with Crippen molar-refractivity contribution in [2.45, 2.75) is 20.3 Å². The molecule has 1 aromatic heterocycles. The average molecular weight is 246 g/mol. The number of benzene rings is 1. The van der Waals surface area contributed by atoms with Gasteiger partial charge in [-0.15, -0.1) is 0 Å². The number of carbonyl (C=O) groups is 1. The maximum Gasteiger partial charge on any atom is 0.224 e. The molecule has 0 bridgehead atoms. The fourth-order valence-electron chi connectivity index (χ4n) is 1.92. The lowest BCUT2D eigenvalue weighted by Crippen LogP contribution is -2.30. The first kappa shape index (κ1) is 12.6. The third kappa shape index (κ3) is 2.54. The molecule has 0 radical (unpaired) electrons. The van der Waals surface area contributed by atoms with Crippen molar-refractivity contribution in [3.8, 4) is 0 Å². The van der Waals surface area contributed by atoms with Crippen molar-refractivity contribution in [3.05, 3.63) is 35.1 Å². The predicted octanol–water partition coefficient (Wildman–Crippen LogP) is 1.67. The number of hydrogen-bond acceptors (Lipinski definition) is 3. The highest BCUT2D eigenvalue weighted by Gasteiger charge is 2.11. The number of rotatable bonds is 4. The standard InChI is InChI=1S/C14H18N2O2/c1-9-5-12-11(7-14(17)16-4-3-15)8-18-13(12)6-10(9)2/h5-6,8H,3-4,7,15H2,1-2H3,(H,16,17). The summed E-state index contributed by atoms with van der Waals surface area (Å²) in [7, 11) is 0. The lowest BCUT2D eigenvalue weighted by Gasteiger charge is -2.03. The van der Waals surface area contributed by atoms with Crippen LogP contribution in [0.25, 0.3) is 11.0 Å². The van der Waals surface area contributed by atoms with Crippen LogP contribution in [0, 0.1) is 13.8 Å². The summed E-state index contributed by atoms with van der Waals surface area (Å²) >= 11 is 0. The van der Waals surface area contributed by atoms with Crippen molar-refractivity contribution >= 4 is 16.9 Å². The van der Waals surface area contributed by atoms with Crippen LogP contribution in [0.4, 0.5) is 0 Å². The topological polar surface area (TPSA) is 68.3 Å². The third-order valence-corrected chi connectivity index (χ3v) is 3.09. The van der Waals surface area contributed by atoms with Gasteiger partial charge in [0.15, 0.2) is 0 Å². The molecule has 4 heteroatoms. The molecule has 1 amide bonds. The van der Waals surface area contributed by atoms with Gasteiger partial charge in [0, 0.05) is 24.0 Å². The summed E-state index contributed by atoms with van der Waals surface area (Å²) in [6.07, 6.45) is 1.99. The summed E-state index contributed by atoms with van der Waals surface area (Å²) in [5.74, 6) is -0.0265. The van der Waals surface area contributed by atoms with E-state index in [1.165, 1.54) is 11.1 Å². The van der Waals surface area contributed by atoms with Gasteiger partial charge in [0.25, 0.3) is 0 Å². The predicted molar refractivity (Wildman–Crippen MR) is 71.5 cm³/mol. The van der Waals surface area contributed by atoms with Crippen molar-refractivity contribution < 1.29 is 9.21 Å². The van der Waals surface area contributed by atoms with Gasteiger partial charge in [0.05, 0.1) is 12.7 Å². The number of nitrogens with one attached hydrogen (secondary N) is 1. The van der Waals surface area contributed by atoms with Crippen LogP contribution in [-0.2, 0) is 11.2 Å². The van der Waals surface area contributed by atoms with Crippen molar-refractivity contribution in [1.29, 1.82) is 0 Å². The highest BCUT2D eigenvalue weighted by molar-refractivity contribution is 5.88. The highest BCUT2D eigenvalue weighted by Crippen LogP contribution is 2.25. The van der Waals surface area contributed by atoms with Crippen molar-refractivity contribution in [3.63, 3.8) is 0 Å². The molecule has 1 heterocycles. The maximum absolute atomic E-state index is 11.7. The maximum atomic E-state index is 11.7. The van der Waals surface area contributed by atoms with Crippen LogP contribution < -0.4 is 11.1 Å². The van der Waals surface area contributed by atoms with E-state index in [0.717, 1.165) is 16.5 Å². The monoisotopic (exact) mass is 246 g/mol. The van der Waals surface area contributed by atoms with E-state index in [-0.39, 0.29) is 5.91 Å². The van der Waals surface area contributed by atoms with E-state index < -0.39 is 0 Å². The average Bonchev–Trinajstić information content (AvgIpc) is 2.70. The summed E-state index contributed by atoms with van der Waals surface area (Å²) in [5.41, 5.74) is 9.49. The molecule has 2 aromatic rings. The fourth-order valence-corrected chi connectivity index (χ4v) is 1.92. The second-order valence-electron chi connectivity index (χ2n) is 4.51. The number of carbonyl (C=O) groups excluding carboxylic acids is 1. The van der Waals surface area contributed by atoms with Crippen molar-refractivity contribution in [2.75, 3.05) is 13.1 Å². The van der Waals surface area contributed by atoms with Gasteiger partial charge < -0.3 is 15.5 Å². The van der Waals surface area contributed by atoms with Crippen LogP contribution in [0.2, 0.25) is 0 Å². The molecule has 1 aromatic carbocycles. The number of furan rings is 1. The van der Waals surface area contributed by atoms with Gasteiger partial charge >= 0.3 is 0 Å². The van der Waals surface area contributed by atoms with Gasteiger partial charge in [-0.2, -0.15) is 0 Å². The van der Waals surface area contributed by atoms with E-state index in [2.05, 4.69) is 18.3 Å². The Hall–Kier alpha value is -1.81. The van der Waals surface area contributed by atoms with E-state index in [0.29, 0.717) is 19.5 Å². The van der Waals surface area contributed by atoms with Crippen molar-refractivity contribution in [1.82, 2.24) is 5.32 Å². The smallest absolute Gasteiger partial charge is 0.224 e. The van der Waals surface area contributed by atoms with Gasteiger partial charge in [-0.25, -0.2) is 0 Å². The lowest BCUT2D eigenvalue weighted by atomic mass is 10.0. The summed E-state index contributed by atoms with van der Waals surface area (Å²) in [5, 5.41) is 3.77. The first-order chi connectivity index (χ1) is 8.61. The molecule has 2 rings (SSSR count). The van der Waals surface area contributed by atoms with Crippen LogP contribution >= 0.6 is 0 Å². The minimum Gasteiger partial charge on any atom is -0.464 e. The first-order valence-corrected chi connectivity index (χ1v) is 6.06. The minimum atomic E-state index is -0.0265. The van der Waals surface area contributed by atoms with Crippen LogP contribution in [-0.4, -0.2) is 19.0 Å². The molecule has 0 aliphatic rings. The Kier molecular flexibility index (Phi) is 3.67. The molecular formula is C14H18N2O2. The summed E-state index contributed by atoms with van der Waals surface area (Å²) in [6.45, 7) is 5.06. The molecule has 96 valence electrons. The van der Waals surface area contributed by atoms with E-state index in [9.17, 15) is 4.79 Å². The van der Waals surface area contributed by atoms with Crippen LogP contribution in [0.15, 0.2) is 22.8 Å². The van der Waals surface area contributed by atoms with Crippen LogP contribution in [0.3, 0.4) is 0 Å². The summed E-state index contributed by atoms with van der Waals surface area (Å²) in [6, 6.07) is 4.08. The SMILES string of the molecule is Cc1cc2occ(CC(=O)NCCN)c2cc1C. The molecule has 0 fully saturated rings. The lowest BCUT2D eigenvalue weighted by molar-refractivity contribution is -0.120. The van der Waals surface area contributed by atoms with Gasteiger partial charge in [-0.1, -0.05) is 0 Å². The zero-order valence-corrected chi connectivity index (χ0v) is 10.7. The zero-order valence-electron chi connectivity index (χ0n) is 10.7. The van der Waals surface area contributed by atoms with Gasteiger partial charge in [-0.3, -0.25) is 4.79 Å². The van der Waals surface area contributed by atoms with Crippen LogP contribution in [0.1, 0.15) is 16.7 Å². The number of hydrogen-bond donors (Lipinski definition) is 2. The summed E-state index contributed by atoms with van der Waals surface area (Å²) < 4.78 is 5.49. The fraction of sp³-hybridized carbons (Fsp3) is 0.357. The van der Waals surface area contributed by atoms with E-state index in [1.54, 1.807) is 6.26 Å². The Morgan fingerprint density at radius 3 is 2.78 bits per heavy atom. The van der Waals surface area contributed by atoms with E-state index in [4.69, 9.17) is 10.2 Å². The molecule has 0 unspecified atom stereocenters. The molecule has 18 heavy (non-hydrogen) atoms. The number of aryl methyl sites for hydroxylation is 2. The second-order valence-corrected chi connectivity index (χ2v) is 4.51. The molecule has 0 aliphatic heterocycles. The molecule has 0 atom stereocenters. The number of nitrogens with two attached hydrogens (primary N) is 1. The summed E-state index contributed by atoms with van der Waals surface area (Å²) in [4.78, 5) is 11.7. The molecule has 0 spiro atoms. The van der Waals surface area contributed by atoms with Gasteiger partial charge in [0.2, 0.25) is 5.91 Å². The number of fused-ring (bicyclic) bond motifs is 1. The molecule has 0 aliphatic carbocycles. The van der Waals surface area contributed by atoms with Gasteiger partial charge in [0.1, 0.15) is 5.58 Å². The van der Waals surface area contributed by atoms with E-state index >= 15 is 0 Å². The Bertz CT molecular complexity index is 572. The number of amides is 1. The molecular weight excluding hydrogens is 228 g/mol. The Morgan fingerprint density at radius 2 is 2.06 bits per heavy atom. The first-order valence-electron chi connectivity index (χ1n) is 6.06. The second kappa shape index (κ2) is 5.23. The highest BCUT2D eigenvalue weighted by atomic mass is 16.3. The quantitative estimate of drug-likeness (QED) is 0.862. The zero-order chi connectivity index (χ0) is 13.1. The largest absolute Gasteiger partial charge is 0.464 e. The Labute approximate surface area is 106 Å². The Balaban J connectivity index is 2.24. The molecule has 3 N–H and O–H groups in total. The minimum absolute atomic E-state index is 0.0265. The third-order valence-electron chi connectivity index (χ3n) is 3.09. The van der Waals surface area contributed by atoms with Crippen LogP contribution in [0.5, 0.6) is 0 Å². The Morgan fingerprint density at radius 1 is 1.33 bits per heavy atom. The van der Waals surface area contributed by atoms with E-state index in [1.807, 2.05) is 13.0 Å². The normalized spacial score (nSPS) is 10.8. The molecule has 0 saturated heterocycles. The molecule has 4 nitrogen and oxygen atoms in total. The van der Waals surface area contributed by atoms with Gasteiger partial charge in [-0.05, 0) is 37.1 Å². The molecule has 0 saturated carbocycles.